The molecule has 0 unspecified atom stereocenters. The predicted molar refractivity (Wildman–Crippen MR) is 58.5 cm³/mol. The fraction of sp³-hybridized carbons (Fsp3) is 0.400. The molecule has 2 heteroatoms. The zero-order valence-electron chi connectivity index (χ0n) is 8.72. The topological polar surface area (TPSA) is 38.0 Å². The second-order valence-electron chi connectivity index (χ2n) is 1.26. The van der Waals surface area contributed by atoms with E-state index in [-0.39, 0.29) is 0 Å². The molecular formula is C10H22N2. The van der Waals surface area contributed by atoms with E-state index in [0.29, 0.717) is 5.70 Å². The summed E-state index contributed by atoms with van der Waals surface area (Å²) in [5.74, 6) is 4.98. The zero-order chi connectivity index (χ0) is 10.4. The minimum Gasteiger partial charge on any atom is -0.325 e. The van der Waals surface area contributed by atoms with Gasteiger partial charge in [0.1, 0.15) is 0 Å². The number of nitrogens with one attached hydrogen (secondary N) is 1. The van der Waals surface area contributed by atoms with Gasteiger partial charge in [0.15, 0.2) is 0 Å². The Hall–Kier alpha value is -1.02. The van der Waals surface area contributed by atoms with E-state index in [1.807, 2.05) is 27.7 Å². The van der Waals surface area contributed by atoms with Gasteiger partial charge in [0, 0.05) is 5.70 Å². The van der Waals surface area contributed by atoms with Crippen LogP contribution in [-0.2, 0) is 0 Å². The number of hydrogen-bond donors (Lipinski definition) is 2. The minimum atomic E-state index is 0.671. The first-order valence-electron chi connectivity index (χ1n) is 4.26. The summed E-state index contributed by atoms with van der Waals surface area (Å²) >= 11 is 0. The molecule has 0 amide bonds. The van der Waals surface area contributed by atoms with Crippen LogP contribution in [0.5, 0.6) is 0 Å². The van der Waals surface area contributed by atoms with Gasteiger partial charge in [-0.3, -0.25) is 5.84 Å². The van der Waals surface area contributed by atoms with Crippen molar-refractivity contribution in [2.24, 2.45) is 5.84 Å². The molecule has 0 heterocycles. The largest absolute Gasteiger partial charge is 0.325 e. The van der Waals surface area contributed by atoms with Crippen LogP contribution in [0.15, 0.2) is 37.1 Å². The Morgan fingerprint density at radius 1 is 1.25 bits per heavy atom. The number of hydrogen-bond acceptors (Lipinski definition) is 2. The molecule has 0 atom stereocenters. The maximum Gasteiger partial charge on any atom is 0.0413 e. The highest BCUT2D eigenvalue weighted by atomic mass is 15.2. The Kier molecular flexibility index (Phi) is 32.2. The van der Waals surface area contributed by atoms with Crippen LogP contribution in [0.1, 0.15) is 27.7 Å². The molecule has 3 N–H and O–H groups in total. The highest BCUT2D eigenvalue weighted by Gasteiger charge is 1.73. The molecule has 0 aliphatic heterocycles. The van der Waals surface area contributed by atoms with Gasteiger partial charge in [-0.05, 0) is 6.08 Å². The highest BCUT2D eigenvalue weighted by molar-refractivity contribution is 5.15. The second-order valence-corrected chi connectivity index (χ2v) is 1.26. The van der Waals surface area contributed by atoms with Gasteiger partial charge in [-0.1, -0.05) is 53.0 Å². The molecule has 0 saturated carbocycles. The first kappa shape index (κ1) is 17.2. The minimum absolute atomic E-state index is 0.671. The van der Waals surface area contributed by atoms with Crippen LogP contribution in [0.3, 0.4) is 0 Å². The van der Waals surface area contributed by atoms with Gasteiger partial charge in [0.25, 0.3) is 0 Å². The van der Waals surface area contributed by atoms with E-state index in [2.05, 4.69) is 18.6 Å². The Morgan fingerprint density at radius 2 is 1.67 bits per heavy atom. The maximum absolute atomic E-state index is 4.98. The third kappa shape index (κ3) is 23.1. The molecule has 12 heavy (non-hydrogen) atoms. The van der Waals surface area contributed by atoms with Gasteiger partial charge in [0.2, 0.25) is 0 Å². The lowest BCUT2D eigenvalue weighted by Crippen LogP contribution is -2.18. The molecule has 0 aromatic heterocycles. The molecule has 0 aromatic carbocycles. The number of rotatable bonds is 3. The van der Waals surface area contributed by atoms with E-state index in [4.69, 9.17) is 5.84 Å². The second kappa shape index (κ2) is 22.5. The lowest BCUT2D eigenvalue weighted by molar-refractivity contribution is 0.922. The third-order valence-electron chi connectivity index (χ3n) is 0.619. The molecule has 72 valence electrons. The van der Waals surface area contributed by atoms with Crippen molar-refractivity contribution in [2.75, 3.05) is 0 Å². The quantitative estimate of drug-likeness (QED) is 0.388. The van der Waals surface area contributed by atoms with E-state index >= 15 is 0 Å². The number of allylic oxidation sites excluding steroid dienone is 3. The summed E-state index contributed by atoms with van der Waals surface area (Å²) in [5, 5.41) is 0. The third-order valence-corrected chi connectivity index (χ3v) is 0.619. The molecule has 0 saturated heterocycles. The first-order valence-corrected chi connectivity index (χ1v) is 4.26. The predicted octanol–water partition coefficient (Wildman–Crippen LogP) is 2.76. The van der Waals surface area contributed by atoms with E-state index in [0.717, 1.165) is 0 Å². The van der Waals surface area contributed by atoms with Crippen molar-refractivity contribution in [3.63, 3.8) is 0 Å². The summed E-state index contributed by atoms with van der Waals surface area (Å²) in [6.07, 6.45) is 5.14. The lowest BCUT2D eigenvalue weighted by Gasteiger charge is -1.92. The maximum atomic E-state index is 4.98. The molecular weight excluding hydrogens is 148 g/mol. The molecule has 0 rings (SSSR count). The Labute approximate surface area is 76.8 Å². The lowest BCUT2D eigenvalue weighted by atomic mass is 10.4. The van der Waals surface area contributed by atoms with E-state index in [1.54, 1.807) is 18.2 Å². The van der Waals surface area contributed by atoms with Crippen molar-refractivity contribution in [1.82, 2.24) is 5.43 Å². The summed E-state index contributed by atoms with van der Waals surface area (Å²) in [6.45, 7) is 15.0. The monoisotopic (exact) mass is 170 g/mol. The van der Waals surface area contributed by atoms with Crippen molar-refractivity contribution in [3.05, 3.63) is 37.1 Å². The number of hydrazine groups is 1. The highest BCUT2D eigenvalue weighted by Crippen LogP contribution is 1.82. The fourth-order valence-corrected chi connectivity index (χ4v) is 0.232. The van der Waals surface area contributed by atoms with Gasteiger partial charge in [-0.2, -0.15) is 0 Å². The van der Waals surface area contributed by atoms with Gasteiger partial charge in [-0.25, -0.2) is 0 Å². The molecule has 0 bridgehead atoms. The van der Waals surface area contributed by atoms with Crippen LogP contribution in [-0.4, -0.2) is 0 Å². The van der Waals surface area contributed by atoms with Crippen molar-refractivity contribution >= 4 is 0 Å². The Morgan fingerprint density at radius 3 is 1.92 bits per heavy atom. The molecule has 0 aliphatic rings. The molecule has 0 aliphatic carbocycles. The van der Waals surface area contributed by atoms with Crippen LogP contribution in [0.4, 0.5) is 0 Å². The molecule has 2 nitrogen and oxygen atoms in total. The first-order chi connectivity index (χ1) is 5.81. The number of nitrogens with two attached hydrogens (primary N) is 1. The summed E-state index contributed by atoms with van der Waals surface area (Å²) in [4.78, 5) is 0. The average molecular weight is 170 g/mol. The SMILES string of the molecule is C=C/C=C\C(=C)NN.CC.CC. The fourth-order valence-electron chi connectivity index (χ4n) is 0.232. The van der Waals surface area contributed by atoms with Crippen LogP contribution in [0, 0.1) is 0 Å². The zero-order valence-corrected chi connectivity index (χ0v) is 8.72. The van der Waals surface area contributed by atoms with Crippen molar-refractivity contribution < 1.29 is 0 Å². The standard InChI is InChI=1S/C6H10N2.2C2H6/c1-3-4-5-6(2)8-7;2*1-2/h3-5,8H,1-2,7H2;2*1-2H3/b5-4-;;. The van der Waals surface area contributed by atoms with Gasteiger partial charge in [-0.15, -0.1) is 0 Å². The van der Waals surface area contributed by atoms with Crippen molar-refractivity contribution in [1.29, 1.82) is 0 Å². The average Bonchev–Trinajstić information content (AvgIpc) is 2.20. The summed E-state index contributed by atoms with van der Waals surface area (Å²) in [7, 11) is 0. The molecule has 0 radical (unpaired) electrons. The van der Waals surface area contributed by atoms with Crippen LogP contribution < -0.4 is 11.3 Å². The Bertz CT molecular complexity index is 115. The van der Waals surface area contributed by atoms with Gasteiger partial charge in [0.05, 0.1) is 0 Å². The normalized spacial score (nSPS) is 7.08. The molecule has 0 spiro atoms. The molecule has 0 aromatic rings. The van der Waals surface area contributed by atoms with Crippen molar-refractivity contribution in [2.45, 2.75) is 27.7 Å². The summed E-state index contributed by atoms with van der Waals surface area (Å²) in [5.41, 5.74) is 3.04. The molecule has 0 fully saturated rings. The van der Waals surface area contributed by atoms with Gasteiger partial charge < -0.3 is 5.43 Å². The van der Waals surface area contributed by atoms with Crippen LogP contribution in [0.25, 0.3) is 0 Å². The summed E-state index contributed by atoms with van der Waals surface area (Å²) < 4.78 is 0. The van der Waals surface area contributed by atoms with E-state index in [1.165, 1.54) is 0 Å². The van der Waals surface area contributed by atoms with Crippen molar-refractivity contribution in [3.8, 4) is 0 Å². The van der Waals surface area contributed by atoms with E-state index in [9.17, 15) is 0 Å². The van der Waals surface area contributed by atoms with Gasteiger partial charge >= 0.3 is 0 Å². The van der Waals surface area contributed by atoms with Crippen LogP contribution in [0.2, 0.25) is 0 Å². The van der Waals surface area contributed by atoms with Crippen LogP contribution >= 0.6 is 0 Å². The van der Waals surface area contributed by atoms with E-state index < -0.39 is 0 Å². The summed E-state index contributed by atoms with van der Waals surface area (Å²) in [6, 6.07) is 0. The smallest absolute Gasteiger partial charge is 0.0413 e. The Balaban J connectivity index is -0.000000175.